The number of hydrogen-bond acceptors (Lipinski definition) is 2. The van der Waals surface area contributed by atoms with Gasteiger partial charge in [-0.1, -0.05) is 6.92 Å². The van der Waals surface area contributed by atoms with Crippen molar-refractivity contribution in [1.29, 1.82) is 0 Å². The van der Waals surface area contributed by atoms with E-state index in [-0.39, 0.29) is 5.60 Å². The Morgan fingerprint density at radius 1 is 1.56 bits per heavy atom. The van der Waals surface area contributed by atoms with Gasteiger partial charge in [0.2, 0.25) is 0 Å². The normalized spacial score (nSPS) is 38.6. The van der Waals surface area contributed by atoms with Crippen LogP contribution in [-0.2, 0) is 4.74 Å². The highest BCUT2D eigenvalue weighted by molar-refractivity contribution is 5.80. The first kappa shape index (κ1) is 11.7. The van der Waals surface area contributed by atoms with Gasteiger partial charge in [-0.2, -0.15) is 0 Å². The molecule has 1 saturated carbocycles. The summed E-state index contributed by atoms with van der Waals surface area (Å²) in [5, 5.41) is 6.77. The fraction of sp³-hybridized carbons (Fsp3) is 0.917. The minimum absolute atomic E-state index is 0.00716. The number of hydrogen-bond donors (Lipinski definition) is 2. The van der Waals surface area contributed by atoms with Crippen LogP contribution in [0.25, 0.3) is 0 Å². The monoisotopic (exact) mass is 225 g/mol. The molecule has 0 aromatic heterocycles. The van der Waals surface area contributed by atoms with E-state index in [4.69, 9.17) is 4.74 Å². The van der Waals surface area contributed by atoms with Gasteiger partial charge in [0.25, 0.3) is 0 Å². The van der Waals surface area contributed by atoms with Crippen molar-refractivity contribution in [2.24, 2.45) is 10.9 Å². The molecule has 0 aromatic carbocycles. The molecule has 0 radical (unpaired) electrons. The van der Waals surface area contributed by atoms with Crippen LogP contribution in [0.3, 0.4) is 0 Å². The third-order valence-corrected chi connectivity index (χ3v) is 3.59. The van der Waals surface area contributed by atoms with Gasteiger partial charge in [0.15, 0.2) is 5.96 Å². The SMILES string of the molecule is CN=C(NCC1(C)CCCO1)NC1CC1C. The van der Waals surface area contributed by atoms with Crippen LogP contribution < -0.4 is 10.6 Å². The summed E-state index contributed by atoms with van der Waals surface area (Å²) in [5.41, 5.74) is -0.00716. The van der Waals surface area contributed by atoms with Crippen LogP contribution in [0.2, 0.25) is 0 Å². The van der Waals surface area contributed by atoms with Gasteiger partial charge in [0.1, 0.15) is 0 Å². The molecule has 1 aliphatic carbocycles. The molecule has 2 fully saturated rings. The second kappa shape index (κ2) is 4.62. The molecule has 92 valence electrons. The van der Waals surface area contributed by atoms with E-state index in [2.05, 4.69) is 29.5 Å². The summed E-state index contributed by atoms with van der Waals surface area (Å²) in [6.07, 6.45) is 3.56. The topological polar surface area (TPSA) is 45.7 Å². The molecule has 2 aliphatic rings. The first-order chi connectivity index (χ1) is 7.63. The summed E-state index contributed by atoms with van der Waals surface area (Å²) < 4.78 is 5.73. The zero-order chi connectivity index (χ0) is 11.6. The molecule has 2 rings (SSSR count). The molecule has 16 heavy (non-hydrogen) atoms. The molecule has 0 bridgehead atoms. The van der Waals surface area contributed by atoms with Crippen LogP contribution in [0.15, 0.2) is 4.99 Å². The van der Waals surface area contributed by atoms with Gasteiger partial charge in [0, 0.05) is 26.2 Å². The molecular weight excluding hydrogens is 202 g/mol. The molecule has 4 heteroatoms. The first-order valence-electron chi connectivity index (χ1n) is 6.24. The average molecular weight is 225 g/mol. The second-order valence-corrected chi connectivity index (χ2v) is 5.29. The van der Waals surface area contributed by atoms with Gasteiger partial charge in [-0.05, 0) is 32.1 Å². The fourth-order valence-electron chi connectivity index (χ4n) is 2.14. The van der Waals surface area contributed by atoms with Crippen LogP contribution in [0.1, 0.15) is 33.1 Å². The first-order valence-corrected chi connectivity index (χ1v) is 6.24. The maximum atomic E-state index is 5.73. The molecule has 1 heterocycles. The number of nitrogens with zero attached hydrogens (tertiary/aromatic N) is 1. The number of aliphatic imine (C=N–C) groups is 1. The Bertz CT molecular complexity index is 271. The zero-order valence-corrected chi connectivity index (χ0v) is 10.5. The molecule has 0 spiro atoms. The van der Waals surface area contributed by atoms with Gasteiger partial charge in [-0.3, -0.25) is 4.99 Å². The number of nitrogens with one attached hydrogen (secondary N) is 2. The summed E-state index contributed by atoms with van der Waals surface area (Å²) in [7, 11) is 1.82. The van der Waals surface area contributed by atoms with Crippen molar-refractivity contribution in [3.63, 3.8) is 0 Å². The molecule has 3 atom stereocenters. The Morgan fingerprint density at radius 3 is 2.81 bits per heavy atom. The molecule has 2 N–H and O–H groups in total. The van der Waals surface area contributed by atoms with Gasteiger partial charge in [-0.15, -0.1) is 0 Å². The van der Waals surface area contributed by atoms with E-state index in [0.29, 0.717) is 6.04 Å². The lowest BCUT2D eigenvalue weighted by Crippen LogP contribution is -2.46. The predicted molar refractivity (Wildman–Crippen MR) is 65.7 cm³/mol. The highest BCUT2D eigenvalue weighted by Gasteiger charge is 2.34. The minimum atomic E-state index is -0.00716. The van der Waals surface area contributed by atoms with Crippen molar-refractivity contribution in [3.8, 4) is 0 Å². The summed E-state index contributed by atoms with van der Waals surface area (Å²) >= 11 is 0. The smallest absolute Gasteiger partial charge is 0.191 e. The van der Waals surface area contributed by atoms with Crippen LogP contribution in [0.5, 0.6) is 0 Å². The van der Waals surface area contributed by atoms with Crippen molar-refractivity contribution in [1.82, 2.24) is 10.6 Å². The van der Waals surface area contributed by atoms with E-state index in [9.17, 15) is 0 Å². The molecule has 0 amide bonds. The van der Waals surface area contributed by atoms with Crippen molar-refractivity contribution in [2.45, 2.75) is 44.8 Å². The summed E-state index contributed by atoms with van der Waals surface area (Å²) in [6, 6.07) is 0.614. The number of rotatable bonds is 3. The predicted octanol–water partition coefficient (Wildman–Crippen LogP) is 1.13. The molecule has 1 saturated heterocycles. The summed E-state index contributed by atoms with van der Waals surface area (Å²) in [6.45, 7) is 6.16. The largest absolute Gasteiger partial charge is 0.373 e. The molecule has 0 aromatic rings. The van der Waals surface area contributed by atoms with E-state index in [1.54, 1.807) is 0 Å². The van der Waals surface area contributed by atoms with E-state index in [1.165, 1.54) is 12.8 Å². The van der Waals surface area contributed by atoms with Crippen LogP contribution in [0, 0.1) is 5.92 Å². The fourth-order valence-corrected chi connectivity index (χ4v) is 2.14. The lowest BCUT2D eigenvalue weighted by molar-refractivity contribution is 0.0242. The Kier molecular flexibility index (Phi) is 3.38. The molecular formula is C12H23N3O. The van der Waals surface area contributed by atoms with Crippen molar-refractivity contribution in [2.75, 3.05) is 20.2 Å². The number of guanidine groups is 1. The van der Waals surface area contributed by atoms with Gasteiger partial charge in [-0.25, -0.2) is 0 Å². The van der Waals surface area contributed by atoms with Crippen LogP contribution in [0.4, 0.5) is 0 Å². The third-order valence-electron chi connectivity index (χ3n) is 3.59. The van der Waals surface area contributed by atoms with Crippen molar-refractivity contribution >= 4 is 5.96 Å². The molecule has 3 unspecified atom stereocenters. The van der Waals surface area contributed by atoms with E-state index < -0.39 is 0 Å². The van der Waals surface area contributed by atoms with Crippen molar-refractivity contribution < 1.29 is 4.74 Å². The Labute approximate surface area is 97.9 Å². The standard InChI is InChI=1S/C12H23N3O/c1-9-7-10(9)15-11(13-3)14-8-12(2)5-4-6-16-12/h9-10H,4-8H2,1-3H3,(H2,13,14,15). The Hall–Kier alpha value is -0.770. The summed E-state index contributed by atoms with van der Waals surface area (Å²) in [5.74, 6) is 1.70. The average Bonchev–Trinajstić information content (AvgIpc) is 2.76. The Morgan fingerprint density at radius 2 is 2.31 bits per heavy atom. The van der Waals surface area contributed by atoms with E-state index in [0.717, 1.165) is 31.4 Å². The summed E-state index contributed by atoms with van der Waals surface area (Å²) in [4.78, 5) is 4.23. The third kappa shape index (κ3) is 2.88. The molecule has 1 aliphatic heterocycles. The van der Waals surface area contributed by atoms with Crippen LogP contribution in [-0.4, -0.2) is 37.8 Å². The molecule has 4 nitrogen and oxygen atoms in total. The Balaban J connectivity index is 1.74. The maximum Gasteiger partial charge on any atom is 0.191 e. The van der Waals surface area contributed by atoms with Crippen LogP contribution >= 0.6 is 0 Å². The number of ether oxygens (including phenoxy) is 1. The van der Waals surface area contributed by atoms with E-state index >= 15 is 0 Å². The zero-order valence-electron chi connectivity index (χ0n) is 10.5. The lowest BCUT2D eigenvalue weighted by Gasteiger charge is -2.24. The van der Waals surface area contributed by atoms with Gasteiger partial charge < -0.3 is 15.4 Å². The van der Waals surface area contributed by atoms with E-state index in [1.807, 2.05) is 7.05 Å². The lowest BCUT2D eigenvalue weighted by atomic mass is 10.0. The highest BCUT2D eigenvalue weighted by Crippen LogP contribution is 2.29. The van der Waals surface area contributed by atoms with Crippen molar-refractivity contribution in [3.05, 3.63) is 0 Å². The maximum absolute atomic E-state index is 5.73. The highest BCUT2D eigenvalue weighted by atomic mass is 16.5. The second-order valence-electron chi connectivity index (χ2n) is 5.29. The van der Waals surface area contributed by atoms with Gasteiger partial charge >= 0.3 is 0 Å². The quantitative estimate of drug-likeness (QED) is 0.559. The minimum Gasteiger partial charge on any atom is -0.373 e. The van der Waals surface area contributed by atoms with Gasteiger partial charge in [0.05, 0.1) is 5.60 Å².